The molecule has 3 aromatic rings. The summed E-state index contributed by atoms with van der Waals surface area (Å²) in [7, 11) is -3.09. The average Bonchev–Trinajstić information content (AvgIpc) is 3.39. The molecule has 0 spiro atoms. The zero-order valence-corrected chi connectivity index (χ0v) is 19.6. The lowest BCUT2D eigenvalue weighted by Crippen LogP contribution is -2.49. The Morgan fingerprint density at radius 2 is 1.76 bits per heavy atom. The van der Waals surface area contributed by atoms with Crippen molar-refractivity contribution in [2.45, 2.75) is 24.9 Å². The second-order valence-electron chi connectivity index (χ2n) is 7.82. The molecule has 1 atom stereocenters. The zero-order valence-electron chi connectivity index (χ0n) is 18.0. The van der Waals surface area contributed by atoms with Crippen molar-refractivity contribution in [2.75, 3.05) is 22.3 Å². The molecule has 10 nitrogen and oxygen atoms in total. The number of benzene rings is 1. The highest BCUT2D eigenvalue weighted by atomic mass is 35.5. The van der Waals surface area contributed by atoms with Gasteiger partial charge in [-0.05, 0) is 37.1 Å². The highest BCUT2D eigenvalue weighted by molar-refractivity contribution is 7.91. The molecule has 0 bridgehead atoms. The molecule has 12 heteroatoms. The first-order valence-electron chi connectivity index (χ1n) is 10.5. The Balaban J connectivity index is 1.67. The van der Waals surface area contributed by atoms with Gasteiger partial charge in [0.25, 0.3) is 0 Å². The van der Waals surface area contributed by atoms with Gasteiger partial charge < -0.3 is 9.73 Å². The molecule has 34 heavy (non-hydrogen) atoms. The molecule has 0 aliphatic carbocycles. The van der Waals surface area contributed by atoms with Crippen LogP contribution in [0.4, 0.5) is 5.69 Å². The van der Waals surface area contributed by atoms with E-state index in [1.165, 1.54) is 30.0 Å². The van der Waals surface area contributed by atoms with Crippen LogP contribution in [0.3, 0.4) is 0 Å². The minimum Gasteiger partial charge on any atom is -0.444 e. The van der Waals surface area contributed by atoms with Gasteiger partial charge in [0.15, 0.2) is 12.2 Å². The zero-order chi connectivity index (χ0) is 24.1. The summed E-state index contributed by atoms with van der Waals surface area (Å²) in [4.78, 5) is 39.7. The van der Waals surface area contributed by atoms with Crippen molar-refractivity contribution in [3.63, 3.8) is 0 Å². The Labute approximate surface area is 201 Å². The Hall–Kier alpha value is -3.31. The normalized spacial score (nSPS) is 16.5. The predicted molar refractivity (Wildman–Crippen MR) is 125 cm³/mol. The van der Waals surface area contributed by atoms with E-state index in [0.717, 1.165) is 5.56 Å². The third-order valence-corrected chi connectivity index (χ3v) is 7.49. The highest BCUT2D eigenvalue weighted by Gasteiger charge is 2.35. The number of anilines is 1. The number of halogens is 1. The van der Waals surface area contributed by atoms with Gasteiger partial charge >= 0.3 is 0 Å². The summed E-state index contributed by atoms with van der Waals surface area (Å²) in [6.45, 7) is 0. The average molecular weight is 504 g/mol. The molecule has 1 saturated heterocycles. The van der Waals surface area contributed by atoms with Gasteiger partial charge in [-0.1, -0.05) is 0 Å². The van der Waals surface area contributed by atoms with E-state index in [1.807, 2.05) is 0 Å². The number of oxazole rings is 1. The van der Waals surface area contributed by atoms with Gasteiger partial charge in [-0.3, -0.25) is 14.5 Å². The van der Waals surface area contributed by atoms with Crippen LogP contribution in [-0.2, 0) is 19.4 Å². The standard InChI is InChI=1S/C22H22ClN5O5S/c23-9-20(29)28(18-3-1-15(2-4-18)19-12-26-14-33-19)21(16-10-24-13-25-11-16)22(30)27-17-5-7-34(31,32)8-6-17/h1-4,10-14,17,21H,5-9H2,(H,27,30). The van der Waals surface area contributed by atoms with Gasteiger partial charge in [-0.2, -0.15) is 0 Å². The van der Waals surface area contributed by atoms with Gasteiger partial charge in [-0.25, -0.2) is 23.4 Å². The summed E-state index contributed by atoms with van der Waals surface area (Å²) in [6, 6.07) is 5.41. The maximum Gasteiger partial charge on any atom is 0.248 e. The van der Waals surface area contributed by atoms with Crippen molar-refractivity contribution >= 4 is 38.9 Å². The maximum atomic E-state index is 13.5. The summed E-state index contributed by atoms with van der Waals surface area (Å²) in [6.07, 6.45) is 7.74. The minimum atomic E-state index is -3.09. The largest absolute Gasteiger partial charge is 0.444 e. The molecule has 2 amide bonds. The molecular weight excluding hydrogens is 482 g/mol. The van der Waals surface area contributed by atoms with E-state index in [2.05, 4.69) is 20.3 Å². The number of carbonyl (C=O) groups is 2. The molecule has 1 fully saturated rings. The number of nitrogens with one attached hydrogen (secondary N) is 1. The van der Waals surface area contributed by atoms with E-state index in [0.29, 0.717) is 29.9 Å². The molecule has 1 aromatic carbocycles. The van der Waals surface area contributed by atoms with Crippen molar-refractivity contribution in [2.24, 2.45) is 0 Å². The van der Waals surface area contributed by atoms with E-state index >= 15 is 0 Å². The van der Waals surface area contributed by atoms with E-state index in [4.69, 9.17) is 16.0 Å². The lowest BCUT2D eigenvalue weighted by molar-refractivity contribution is -0.126. The van der Waals surface area contributed by atoms with Gasteiger partial charge in [0.2, 0.25) is 11.8 Å². The molecular formula is C22H22ClN5O5S. The number of sulfone groups is 1. The number of nitrogens with zero attached hydrogens (tertiary/aromatic N) is 4. The van der Waals surface area contributed by atoms with E-state index in [1.54, 1.807) is 30.5 Å². The van der Waals surface area contributed by atoms with Crippen LogP contribution in [0.1, 0.15) is 24.4 Å². The number of amides is 2. The fourth-order valence-corrected chi connectivity index (χ4v) is 5.45. The predicted octanol–water partition coefficient (Wildman–Crippen LogP) is 2.14. The van der Waals surface area contributed by atoms with E-state index in [9.17, 15) is 18.0 Å². The lowest BCUT2D eigenvalue weighted by Gasteiger charge is -2.32. The number of carbonyl (C=O) groups excluding carboxylic acids is 2. The first-order valence-corrected chi connectivity index (χ1v) is 12.9. The smallest absolute Gasteiger partial charge is 0.248 e. The monoisotopic (exact) mass is 503 g/mol. The minimum absolute atomic E-state index is 0.00445. The van der Waals surface area contributed by atoms with Crippen LogP contribution in [0, 0.1) is 0 Å². The molecule has 4 rings (SSSR count). The Morgan fingerprint density at radius 3 is 2.35 bits per heavy atom. The number of hydrogen-bond donors (Lipinski definition) is 1. The molecule has 0 radical (unpaired) electrons. The van der Waals surface area contributed by atoms with E-state index in [-0.39, 0.29) is 23.4 Å². The number of alkyl halides is 1. The van der Waals surface area contributed by atoms with Gasteiger partial charge in [0.05, 0.1) is 17.7 Å². The number of hydrogen-bond acceptors (Lipinski definition) is 8. The summed E-state index contributed by atoms with van der Waals surface area (Å²) in [5, 5.41) is 2.90. The first-order chi connectivity index (χ1) is 16.4. The third kappa shape index (κ3) is 5.42. The van der Waals surface area contributed by atoms with Crippen molar-refractivity contribution in [1.82, 2.24) is 20.3 Å². The van der Waals surface area contributed by atoms with Crippen LogP contribution >= 0.6 is 11.6 Å². The quantitative estimate of drug-likeness (QED) is 0.484. The number of rotatable bonds is 7. The van der Waals surface area contributed by atoms with Crippen molar-refractivity contribution in [1.29, 1.82) is 0 Å². The Morgan fingerprint density at radius 1 is 1.09 bits per heavy atom. The van der Waals surface area contributed by atoms with Crippen molar-refractivity contribution < 1.29 is 22.4 Å². The fourth-order valence-electron chi connectivity index (χ4n) is 3.83. The van der Waals surface area contributed by atoms with Crippen LogP contribution in [-0.4, -0.2) is 58.6 Å². The Kier molecular flexibility index (Phi) is 7.23. The lowest BCUT2D eigenvalue weighted by atomic mass is 10.0. The van der Waals surface area contributed by atoms with Crippen LogP contribution in [0.5, 0.6) is 0 Å². The summed E-state index contributed by atoms with van der Waals surface area (Å²) < 4.78 is 28.8. The second-order valence-corrected chi connectivity index (χ2v) is 10.4. The molecule has 1 unspecified atom stereocenters. The van der Waals surface area contributed by atoms with Crippen molar-refractivity contribution in [3.8, 4) is 11.3 Å². The molecule has 1 aliphatic heterocycles. The van der Waals surface area contributed by atoms with Gasteiger partial charge in [0, 0.05) is 35.2 Å². The SMILES string of the molecule is O=C(NC1CCS(=O)(=O)CC1)C(c1cncnc1)N(C(=O)CCl)c1ccc(-c2cnco2)cc1. The van der Waals surface area contributed by atoms with Crippen LogP contribution in [0.25, 0.3) is 11.3 Å². The van der Waals surface area contributed by atoms with Gasteiger partial charge in [-0.15, -0.1) is 11.6 Å². The highest BCUT2D eigenvalue weighted by Crippen LogP contribution is 2.30. The maximum absolute atomic E-state index is 13.5. The molecule has 2 aromatic heterocycles. The van der Waals surface area contributed by atoms with E-state index < -0.39 is 27.7 Å². The molecule has 1 aliphatic rings. The molecule has 3 heterocycles. The second kappa shape index (κ2) is 10.3. The van der Waals surface area contributed by atoms with Crippen LogP contribution in [0.15, 0.2) is 60.0 Å². The molecule has 0 saturated carbocycles. The molecule has 178 valence electrons. The summed E-state index contributed by atoms with van der Waals surface area (Å²) >= 11 is 5.92. The summed E-state index contributed by atoms with van der Waals surface area (Å²) in [5.41, 5.74) is 1.57. The van der Waals surface area contributed by atoms with Gasteiger partial charge in [0.1, 0.15) is 28.1 Å². The Bertz CT molecular complexity index is 1220. The number of aromatic nitrogens is 3. The third-order valence-electron chi connectivity index (χ3n) is 5.55. The van der Waals surface area contributed by atoms with Crippen LogP contribution in [0.2, 0.25) is 0 Å². The van der Waals surface area contributed by atoms with Crippen LogP contribution < -0.4 is 10.2 Å². The summed E-state index contributed by atoms with van der Waals surface area (Å²) in [5.74, 6) is -0.765. The van der Waals surface area contributed by atoms with Crippen molar-refractivity contribution in [3.05, 3.63) is 61.1 Å². The fraction of sp³-hybridized carbons (Fsp3) is 0.318. The topological polar surface area (TPSA) is 135 Å². The molecule has 1 N–H and O–H groups in total. The first kappa shape index (κ1) is 23.8.